The fourth-order valence-corrected chi connectivity index (χ4v) is 4.91. The summed E-state index contributed by atoms with van der Waals surface area (Å²) < 4.78 is 41.5. The normalized spacial score (nSPS) is 15.0. The SMILES string of the molecule is CCNc1nccc(-c2sc(NC(=O)Nc3ccc(CN4CCN(C)CC4)c(C(F)(F)F)c3)nc2C)n1. The molecule has 2 aromatic heterocycles. The molecule has 198 valence electrons. The van der Waals surface area contributed by atoms with Crippen LogP contribution in [0.15, 0.2) is 30.5 Å². The average Bonchev–Trinajstić information content (AvgIpc) is 3.21. The summed E-state index contributed by atoms with van der Waals surface area (Å²) in [5.41, 5.74) is 0.794. The van der Waals surface area contributed by atoms with E-state index in [9.17, 15) is 18.0 Å². The maximum absolute atomic E-state index is 13.8. The fraction of sp³-hybridized carbons (Fsp3) is 0.417. The zero-order valence-electron chi connectivity index (χ0n) is 20.8. The number of thiazole rings is 1. The largest absolute Gasteiger partial charge is 0.416 e. The first-order valence-electron chi connectivity index (χ1n) is 11.9. The molecule has 0 spiro atoms. The van der Waals surface area contributed by atoms with E-state index < -0.39 is 17.8 Å². The van der Waals surface area contributed by atoms with Crippen LogP contribution in [0.4, 0.5) is 34.7 Å². The van der Waals surface area contributed by atoms with Gasteiger partial charge in [0.05, 0.1) is 21.8 Å². The molecule has 0 aliphatic carbocycles. The van der Waals surface area contributed by atoms with Crippen molar-refractivity contribution in [1.29, 1.82) is 0 Å². The van der Waals surface area contributed by atoms with Gasteiger partial charge in [-0.1, -0.05) is 17.4 Å². The molecule has 1 saturated heterocycles. The van der Waals surface area contributed by atoms with Crippen LogP contribution in [0.3, 0.4) is 0 Å². The van der Waals surface area contributed by atoms with Crippen molar-refractivity contribution in [2.75, 3.05) is 55.7 Å². The number of halogens is 3. The fourth-order valence-electron chi connectivity index (χ4n) is 3.98. The van der Waals surface area contributed by atoms with E-state index in [2.05, 4.69) is 35.8 Å². The third-order valence-electron chi connectivity index (χ3n) is 5.90. The maximum Gasteiger partial charge on any atom is 0.416 e. The first kappa shape index (κ1) is 26.8. The number of carbonyl (C=O) groups is 1. The molecule has 4 rings (SSSR count). The smallest absolute Gasteiger partial charge is 0.354 e. The standard InChI is InChI=1S/C24H29F3N8OS/c1-4-28-21-29-8-7-19(32-21)20-15(2)30-23(37-20)33-22(36)31-17-6-5-16(18(13-17)24(25,26)27)14-35-11-9-34(3)10-12-35/h5-8,13H,4,9-12,14H2,1-3H3,(H,28,29,32)(H2,30,31,33,36). The molecule has 0 saturated carbocycles. The van der Waals surface area contributed by atoms with Gasteiger partial charge in [0.2, 0.25) is 5.95 Å². The molecular weight excluding hydrogens is 505 g/mol. The van der Waals surface area contributed by atoms with Gasteiger partial charge in [-0.2, -0.15) is 13.2 Å². The molecule has 3 N–H and O–H groups in total. The molecule has 2 amide bonds. The van der Waals surface area contributed by atoms with Gasteiger partial charge >= 0.3 is 12.2 Å². The van der Waals surface area contributed by atoms with Gasteiger partial charge in [0.1, 0.15) is 0 Å². The van der Waals surface area contributed by atoms with Crippen LogP contribution in [0.25, 0.3) is 10.6 Å². The molecule has 0 bridgehead atoms. The number of aryl methyl sites for hydroxylation is 1. The quantitative estimate of drug-likeness (QED) is 0.402. The summed E-state index contributed by atoms with van der Waals surface area (Å²) in [6.45, 7) is 7.64. The van der Waals surface area contributed by atoms with E-state index in [-0.39, 0.29) is 17.8 Å². The predicted molar refractivity (Wildman–Crippen MR) is 139 cm³/mol. The van der Waals surface area contributed by atoms with E-state index >= 15 is 0 Å². The number of aromatic nitrogens is 3. The second-order valence-corrected chi connectivity index (χ2v) is 9.76. The summed E-state index contributed by atoms with van der Waals surface area (Å²) in [6.07, 6.45) is -2.91. The average molecular weight is 535 g/mol. The number of amides is 2. The minimum Gasteiger partial charge on any atom is -0.354 e. The highest BCUT2D eigenvalue weighted by Gasteiger charge is 2.34. The van der Waals surface area contributed by atoms with Crippen molar-refractivity contribution >= 4 is 34.1 Å². The summed E-state index contributed by atoms with van der Waals surface area (Å²) >= 11 is 1.22. The monoisotopic (exact) mass is 534 g/mol. The van der Waals surface area contributed by atoms with Gasteiger partial charge in [-0.3, -0.25) is 10.2 Å². The lowest BCUT2D eigenvalue weighted by atomic mass is 10.0. The van der Waals surface area contributed by atoms with Crippen LogP contribution < -0.4 is 16.0 Å². The molecule has 3 aromatic rings. The van der Waals surface area contributed by atoms with Gasteiger partial charge in [0.25, 0.3) is 0 Å². The first-order chi connectivity index (χ1) is 17.6. The molecule has 0 radical (unpaired) electrons. The Morgan fingerprint density at radius 1 is 1.11 bits per heavy atom. The summed E-state index contributed by atoms with van der Waals surface area (Å²) in [7, 11) is 1.99. The van der Waals surface area contributed by atoms with Crippen molar-refractivity contribution in [3.63, 3.8) is 0 Å². The number of benzene rings is 1. The Morgan fingerprint density at radius 3 is 2.57 bits per heavy atom. The van der Waals surface area contributed by atoms with Crippen molar-refractivity contribution in [3.8, 4) is 10.6 Å². The molecule has 9 nitrogen and oxygen atoms in total. The van der Waals surface area contributed by atoms with Gasteiger partial charge in [-0.05, 0) is 44.7 Å². The van der Waals surface area contributed by atoms with Gasteiger partial charge < -0.3 is 15.5 Å². The number of piperazine rings is 1. The highest BCUT2D eigenvalue weighted by atomic mass is 32.1. The number of rotatable bonds is 7. The lowest BCUT2D eigenvalue weighted by Gasteiger charge is -2.33. The summed E-state index contributed by atoms with van der Waals surface area (Å²) in [5, 5.41) is 8.45. The molecular formula is C24H29F3N8OS. The predicted octanol–water partition coefficient (Wildman–Crippen LogP) is 4.75. The van der Waals surface area contributed by atoms with Crippen molar-refractivity contribution in [3.05, 3.63) is 47.3 Å². The number of alkyl halides is 3. The molecule has 1 aliphatic rings. The van der Waals surface area contributed by atoms with E-state index in [1.54, 1.807) is 19.2 Å². The third-order valence-corrected chi connectivity index (χ3v) is 7.00. The summed E-state index contributed by atoms with van der Waals surface area (Å²) in [5.74, 6) is 0.483. The van der Waals surface area contributed by atoms with Gasteiger partial charge in [0.15, 0.2) is 5.13 Å². The van der Waals surface area contributed by atoms with Gasteiger partial charge in [0, 0.05) is 51.2 Å². The number of urea groups is 1. The lowest BCUT2D eigenvalue weighted by molar-refractivity contribution is -0.138. The van der Waals surface area contributed by atoms with E-state index in [0.29, 0.717) is 42.1 Å². The number of anilines is 3. The van der Waals surface area contributed by atoms with Gasteiger partial charge in [-0.25, -0.2) is 19.7 Å². The number of likely N-dealkylation sites (N-methyl/N-ethyl adjacent to an activating group) is 1. The highest BCUT2D eigenvalue weighted by molar-refractivity contribution is 7.19. The summed E-state index contributed by atoms with van der Waals surface area (Å²) in [6, 6.07) is 4.96. The van der Waals surface area contributed by atoms with Gasteiger partial charge in [-0.15, -0.1) is 0 Å². The Morgan fingerprint density at radius 2 is 1.86 bits per heavy atom. The highest BCUT2D eigenvalue weighted by Crippen LogP contribution is 2.35. The van der Waals surface area contributed by atoms with E-state index in [1.165, 1.54) is 23.5 Å². The van der Waals surface area contributed by atoms with Crippen LogP contribution in [0.2, 0.25) is 0 Å². The van der Waals surface area contributed by atoms with Crippen molar-refractivity contribution in [2.24, 2.45) is 0 Å². The third kappa shape index (κ3) is 6.93. The van der Waals surface area contributed by atoms with Crippen molar-refractivity contribution < 1.29 is 18.0 Å². The molecule has 0 atom stereocenters. The van der Waals surface area contributed by atoms with Crippen LogP contribution in [0, 0.1) is 6.92 Å². The van der Waals surface area contributed by atoms with Crippen molar-refractivity contribution in [1.82, 2.24) is 24.8 Å². The Balaban J connectivity index is 1.45. The van der Waals surface area contributed by atoms with E-state index in [4.69, 9.17) is 0 Å². The summed E-state index contributed by atoms with van der Waals surface area (Å²) in [4.78, 5) is 30.5. The van der Waals surface area contributed by atoms with Crippen molar-refractivity contribution in [2.45, 2.75) is 26.6 Å². The second-order valence-electron chi connectivity index (χ2n) is 8.76. The minimum absolute atomic E-state index is 0.0477. The van der Waals surface area contributed by atoms with Crippen LogP contribution in [-0.2, 0) is 12.7 Å². The maximum atomic E-state index is 13.8. The number of hydrogen-bond acceptors (Lipinski definition) is 8. The number of carbonyl (C=O) groups excluding carboxylic acids is 1. The number of nitrogens with zero attached hydrogens (tertiary/aromatic N) is 5. The van der Waals surface area contributed by atoms with Crippen LogP contribution in [-0.4, -0.2) is 70.6 Å². The molecule has 1 aromatic carbocycles. The molecule has 1 aliphatic heterocycles. The van der Waals surface area contributed by atoms with E-state index in [1.807, 2.05) is 18.9 Å². The zero-order valence-corrected chi connectivity index (χ0v) is 21.6. The Hall–Kier alpha value is -3.29. The minimum atomic E-state index is -4.54. The molecule has 1 fully saturated rings. The topological polar surface area (TPSA) is 98.3 Å². The second kappa shape index (κ2) is 11.4. The first-order valence-corrected chi connectivity index (χ1v) is 12.7. The number of hydrogen-bond donors (Lipinski definition) is 3. The van der Waals surface area contributed by atoms with Crippen LogP contribution in [0.1, 0.15) is 23.7 Å². The number of nitrogens with one attached hydrogen (secondary N) is 3. The van der Waals surface area contributed by atoms with Crippen LogP contribution in [0.5, 0.6) is 0 Å². The Kier molecular flexibility index (Phi) is 8.25. The lowest BCUT2D eigenvalue weighted by Crippen LogP contribution is -2.44. The Labute approximate surface area is 217 Å². The van der Waals surface area contributed by atoms with E-state index in [0.717, 1.165) is 24.0 Å². The molecule has 0 unspecified atom stereocenters. The molecule has 37 heavy (non-hydrogen) atoms. The molecule has 3 heterocycles. The molecule has 13 heteroatoms. The van der Waals surface area contributed by atoms with Crippen LogP contribution >= 0.6 is 11.3 Å². The zero-order chi connectivity index (χ0) is 26.6. The Bertz CT molecular complexity index is 1240.